The predicted octanol–water partition coefficient (Wildman–Crippen LogP) is 5.05. The molecule has 0 fully saturated rings. The summed E-state index contributed by atoms with van der Waals surface area (Å²) in [6, 6.07) is 9.33. The van der Waals surface area contributed by atoms with E-state index in [2.05, 4.69) is 22.1 Å². The minimum Gasteiger partial charge on any atom is -0.469 e. The molecule has 0 saturated carbocycles. The van der Waals surface area contributed by atoms with E-state index in [0.717, 1.165) is 23.3 Å². The molecule has 29 heavy (non-hydrogen) atoms. The minimum atomic E-state index is -0.0639. The zero-order valence-electron chi connectivity index (χ0n) is 16.4. The summed E-state index contributed by atoms with van der Waals surface area (Å²) >= 11 is 7.30. The van der Waals surface area contributed by atoms with E-state index < -0.39 is 0 Å². The maximum atomic E-state index is 12.5. The largest absolute Gasteiger partial charge is 0.469 e. The van der Waals surface area contributed by atoms with Gasteiger partial charge in [0, 0.05) is 11.6 Å². The molecule has 152 valence electrons. The molecule has 3 rings (SSSR count). The van der Waals surface area contributed by atoms with Gasteiger partial charge in [-0.15, -0.1) is 16.8 Å². The number of benzene rings is 1. The number of carbonyl (C=O) groups excluding carboxylic acids is 1. The summed E-state index contributed by atoms with van der Waals surface area (Å²) in [4.78, 5) is 12.5. The van der Waals surface area contributed by atoms with Crippen LogP contribution < -0.4 is 5.32 Å². The molecule has 1 atom stereocenters. The number of nitrogens with zero attached hydrogens (tertiary/aromatic N) is 3. The third kappa shape index (κ3) is 5.10. The SMILES string of the molecule is C=CCn1c(SCC(=O)NC(CC)c2ccc(Cl)cc2)nnc1-c1ccoc1C. The van der Waals surface area contributed by atoms with Crippen molar-refractivity contribution in [3.8, 4) is 11.4 Å². The lowest BCUT2D eigenvalue weighted by Crippen LogP contribution is -2.29. The second-order valence-electron chi connectivity index (χ2n) is 6.46. The third-order valence-electron chi connectivity index (χ3n) is 4.48. The number of nitrogens with one attached hydrogen (secondary N) is 1. The zero-order chi connectivity index (χ0) is 20.8. The predicted molar refractivity (Wildman–Crippen MR) is 116 cm³/mol. The van der Waals surface area contributed by atoms with Gasteiger partial charge in [0.25, 0.3) is 0 Å². The van der Waals surface area contributed by atoms with Crippen LogP contribution in [0.15, 0.2) is 58.8 Å². The van der Waals surface area contributed by atoms with Crippen LogP contribution in [0.25, 0.3) is 11.4 Å². The van der Waals surface area contributed by atoms with Crippen molar-refractivity contribution in [2.24, 2.45) is 0 Å². The molecule has 0 aliphatic heterocycles. The molecule has 0 aliphatic rings. The van der Waals surface area contributed by atoms with Gasteiger partial charge in [-0.25, -0.2) is 0 Å². The normalized spacial score (nSPS) is 12.0. The fourth-order valence-corrected chi connectivity index (χ4v) is 3.87. The number of carbonyl (C=O) groups is 1. The average molecular weight is 431 g/mol. The van der Waals surface area contributed by atoms with Crippen molar-refractivity contribution in [2.45, 2.75) is 38.0 Å². The molecule has 0 saturated heterocycles. The summed E-state index contributed by atoms with van der Waals surface area (Å²) in [6.45, 7) is 8.26. The van der Waals surface area contributed by atoms with Crippen LogP contribution in [-0.4, -0.2) is 26.4 Å². The van der Waals surface area contributed by atoms with Gasteiger partial charge in [-0.1, -0.05) is 48.5 Å². The van der Waals surface area contributed by atoms with Crippen LogP contribution in [0.5, 0.6) is 0 Å². The smallest absolute Gasteiger partial charge is 0.230 e. The Morgan fingerprint density at radius 2 is 2.10 bits per heavy atom. The first-order valence-electron chi connectivity index (χ1n) is 9.29. The highest BCUT2D eigenvalue weighted by Gasteiger charge is 2.18. The van der Waals surface area contributed by atoms with Gasteiger partial charge in [-0.2, -0.15) is 0 Å². The number of amides is 1. The van der Waals surface area contributed by atoms with E-state index in [1.54, 1.807) is 12.3 Å². The number of halogens is 1. The molecular formula is C21H23ClN4O2S. The van der Waals surface area contributed by atoms with E-state index in [1.807, 2.05) is 48.7 Å². The van der Waals surface area contributed by atoms with Crippen LogP contribution in [0.4, 0.5) is 0 Å². The van der Waals surface area contributed by atoms with Crippen molar-refractivity contribution >= 4 is 29.3 Å². The van der Waals surface area contributed by atoms with Crippen LogP contribution in [0.1, 0.15) is 30.7 Å². The Labute approximate surface area is 179 Å². The van der Waals surface area contributed by atoms with E-state index >= 15 is 0 Å². The lowest BCUT2D eigenvalue weighted by Gasteiger charge is -2.17. The summed E-state index contributed by atoms with van der Waals surface area (Å²) in [7, 11) is 0. The Morgan fingerprint density at radius 1 is 1.34 bits per heavy atom. The number of hydrogen-bond donors (Lipinski definition) is 1. The van der Waals surface area contributed by atoms with Crippen molar-refractivity contribution in [1.29, 1.82) is 0 Å². The summed E-state index contributed by atoms with van der Waals surface area (Å²) in [6.07, 6.45) is 4.19. The van der Waals surface area contributed by atoms with Gasteiger partial charge in [0.2, 0.25) is 5.91 Å². The van der Waals surface area contributed by atoms with Crippen LogP contribution in [0.2, 0.25) is 5.02 Å². The highest BCUT2D eigenvalue weighted by atomic mass is 35.5. The van der Waals surface area contributed by atoms with E-state index in [9.17, 15) is 4.79 Å². The molecular weight excluding hydrogens is 408 g/mol. The van der Waals surface area contributed by atoms with Gasteiger partial charge in [0.1, 0.15) is 5.76 Å². The van der Waals surface area contributed by atoms with E-state index in [4.69, 9.17) is 16.0 Å². The molecule has 6 nitrogen and oxygen atoms in total. The van der Waals surface area contributed by atoms with Gasteiger partial charge >= 0.3 is 0 Å². The van der Waals surface area contributed by atoms with E-state index in [1.165, 1.54) is 11.8 Å². The number of furan rings is 1. The number of aromatic nitrogens is 3. The lowest BCUT2D eigenvalue weighted by atomic mass is 10.0. The summed E-state index contributed by atoms with van der Waals surface area (Å²) in [5.41, 5.74) is 1.91. The Bertz CT molecular complexity index is 981. The molecule has 8 heteroatoms. The molecule has 0 aliphatic carbocycles. The van der Waals surface area contributed by atoms with Gasteiger partial charge in [-0.3, -0.25) is 9.36 Å². The number of hydrogen-bond acceptors (Lipinski definition) is 5. The maximum Gasteiger partial charge on any atom is 0.230 e. The molecule has 0 bridgehead atoms. The fraction of sp³-hybridized carbons (Fsp3) is 0.286. The third-order valence-corrected chi connectivity index (χ3v) is 5.70. The van der Waals surface area contributed by atoms with E-state index in [0.29, 0.717) is 22.5 Å². The molecule has 0 spiro atoms. The monoisotopic (exact) mass is 430 g/mol. The van der Waals surface area contributed by atoms with Crippen molar-refractivity contribution in [3.63, 3.8) is 0 Å². The van der Waals surface area contributed by atoms with Crippen molar-refractivity contribution in [3.05, 3.63) is 65.6 Å². The molecule has 1 N–H and O–H groups in total. The number of thioether (sulfide) groups is 1. The van der Waals surface area contributed by atoms with Crippen LogP contribution in [0.3, 0.4) is 0 Å². The van der Waals surface area contributed by atoms with Crippen molar-refractivity contribution in [2.75, 3.05) is 5.75 Å². The Balaban J connectivity index is 1.68. The summed E-state index contributed by atoms with van der Waals surface area (Å²) in [5, 5.41) is 13.0. The first-order valence-corrected chi connectivity index (χ1v) is 10.7. The van der Waals surface area contributed by atoms with Gasteiger partial charge in [0.15, 0.2) is 11.0 Å². The second-order valence-corrected chi connectivity index (χ2v) is 7.84. The Morgan fingerprint density at radius 3 is 2.72 bits per heavy atom. The first-order chi connectivity index (χ1) is 14.0. The number of allylic oxidation sites excluding steroid dienone is 1. The molecule has 2 aromatic heterocycles. The average Bonchev–Trinajstić information content (AvgIpc) is 3.31. The van der Waals surface area contributed by atoms with Gasteiger partial charge in [-0.05, 0) is 37.1 Å². The molecule has 1 aromatic carbocycles. The zero-order valence-corrected chi connectivity index (χ0v) is 18.0. The molecule has 2 heterocycles. The number of aryl methyl sites for hydroxylation is 1. The quantitative estimate of drug-likeness (QED) is 0.380. The minimum absolute atomic E-state index is 0.0597. The molecule has 1 unspecified atom stereocenters. The fourth-order valence-electron chi connectivity index (χ4n) is 2.99. The molecule has 1 amide bonds. The second kappa shape index (κ2) is 9.80. The van der Waals surface area contributed by atoms with Crippen LogP contribution in [-0.2, 0) is 11.3 Å². The number of rotatable bonds is 9. The Hall–Kier alpha value is -2.51. The highest BCUT2D eigenvalue weighted by Crippen LogP contribution is 2.27. The highest BCUT2D eigenvalue weighted by molar-refractivity contribution is 7.99. The van der Waals surface area contributed by atoms with Gasteiger partial charge in [0.05, 0.1) is 23.6 Å². The first kappa shape index (κ1) is 21.2. The molecule has 3 aromatic rings. The standard InChI is InChI=1S/C21H23ClN4O2S/c1-4-11-26-20(17-10-12-28-14(17)3)24-25-21(26)29-13-19(27)23-18(5-2)15-6-8-16(22)9-7-15/h4,6-10,12,18H,1,5,11,13H2,2-3H3,(H,23,27). The van der Waals surface area contributed by atoms with Crippen LogP contribution in [0, 0.1) is 6.92 Å². The summed E-state index contributed by atoms with van der Waals surface area (Å²) < 4.78 is 7.31. The van der Waals surface area contributed by atoms with Crippen LogP contribution >= 0.6 is 23.4 Å². The molecule has 0 radical (unpaired) electrons. The lowest BCUT2D eigenvalue weighted by molar-refractivity contribution is -0.119. The van der Waals surface area contributed by atoms with Gasteiger partial charge < -0.3 is 9.73 Å². The maximum absolute atomic E-state index is 12.5. The van der Waals surface area contributed by atoms with Crippen molar-refractivity contribution in [1.82, 2.24) is 20.1 Å². The van der Waals surface area contributed by atoms with Crippen molar-refractivity contribution < 1.29 is 9.21 Å². The topological polar surface area (TPSA) is 73.0 Å². The Kier molecular flexibility index (Phi) is 7.17. The van der Waals surface area contributed by atoms with E-state index in [-0.39, 0.29) is 17.7 Å². The summed E-state index contributed by atoms with van der Waals surface area (Å²) in [5.74, 6) is 1.65.